The van der Waals surface area contributed by atoms with Crippen LogP contribution >= 0.6 is 0 Å². The highest BCUT2D eigenvalue weighted by molar-refractivity contribution is 5.97. The number of benzene rings is 1. The number of H-pyrrole nitrogens is 1. The molecule has 2 amide bonds. The van der Waals surface area contributed by atoms with Crippen LogP contribution in [-0.4, -0.2) is 22.8 Å². The molecule has 0 unspecified atom stereocenters. The highest BCUT2D eigenvalue weighted by Gasteiger charge is 2.24. The highest BCUT2D eigenvalue weighted by Crippen LogP contribution is 2.07. The number of hydrogen-bond acceptors (Lipinski definition) is 3. The first kappa shape index (κ1) is 18.4. The van der Waals surface area contributed by atoms with Crippen LogP contribution < -0.4 is 16.2 Å². The van der Waals surface area contributed by atoms with Gasteiger partial charge in [0.2, 0.25) is 11.5 Å². The first-order chi connectivity index (χ1) is 11.9. The zero-order valence-corrected chi connectivity index (χ0v) is 14.6. The van der Waals surface area contributed by atoms with Crippen molar-refractivity contribution in [3.8, 4) is 0 Å². The maximum absolute atomic E-state index is 12.5. The van der Waals surface area contributed by atoms with Crippen LogP contribution in [-0.2, 0) is 11.3 Å². The summed E-state index contributed by atoms with van der Waals surface area (Å²) in [6.45, 7) is 5.94. The molecule has 1 heterocycles. The van der Waals surface area contributed by atoms with E-state index in [2.05, 4.69) is 15.6 Å². The summed E-state index contributed by atoms with van der Waals surface area (Å²) in [7, 11) is 0. The molecule has 2 aromatic rings. The van der Waals surface area contributed by atoms with Gasteiger partial charge in [-0.1, -0.05) is 37.6 Å². The van der Waals surface area contributed by atoms with Crippen molar-refractivity contribution in [1.29, 1.82) is 0 Å². The third kappa shape index (κ3) is 5.31. The van der Waals surface area contributed by atoms with Gasteiger partial charge in [0.25, 0.3) is 5.91 Å². The second-order valence-corrected chi connectivity index (χ2v) is 6.34. The Hall–Kier alpha value is -2.89. The number of amides is 2. The van der Waals surface area contributed by atoms with Crippen molar-refractivity contribution in [1.82, 2.24) is 15.6 Å². The molecule has 6 nitrogen and oxygen atoms in total. The summed E-state index contributed by atoms with van der Waals surface area (Å²) in [6.07, 6.45) is 1.55. The van der Waals surface area contributed by atoms with Crippen LogP contribution in [0.2, 0.25) is 0 Å². The Labute approximate surface area is 146 Å². The number of aromatic nitrogens is 1. The van der Waals surface area contributed by atoms with E-state index < -0.39 is 6.04 Å². The fourth-order valence-corrected chi connectivity index (χ4v) is 2.40. The van der Waals surface area contributed by atoms with E-state index in [1.807, 2.05) is 32.9 Å². The van der Waals surface area contributed by atoms with Crippen molar-refractivity contribution in [2.24, 2.45) is 5.92 Å². The van der Waals surface area contributed by atoms with E-state index in [9.17, 15) is 14.4 Å². The maximum atomic E-state index is 12.5. The van der Waals surface area contributed by atoms with Gasteiger partial charge in [-0.3, -0.25) is 14.4 Å². The van der Waals surface area contributed by atoms with Crippen LogP contribution in [0.3, 0.4) is 0 Å². The topological polar surface area (TPSA) is 91.1 Å². The van der Waals surface area contributed by atoms with E-state index in [4.69, 9.17) is 0 Å². The smallest absolute Gasteiger partial charge is 0.251 e. The molecule has 6 heteroatoms. The molecule has 0 radical (unpaired) electrons. The highest BCUT2D eigenvalue weighted by atomic mass is 16.2. The van der Waals surface area contributed by atoms with Gasteiger partial charge in [0.1, 0.15) is 6.04 Å². The molecule has 0 aliphatic carbocycles. The minimum atomic E-state index is -0.643. The van der Waals surface area contributed by atoms with Gasteiger partial charge in [-0.15, -0.1) is 0 Å². The van der Waals surface area contributed by atoms with Crippen LogP contribution in [0.25, 0.3) is 0 Å². The van der Waals surface area contributed by atoms with E-state index in [0.717, 1.165) is 11.1 Å². The minimum absolute atomic E-state index is 0.0654. The Balaban J connectivity index is 2.01. The molecule has 1 aromatic carbocycles. The van der Waals surface area contributed by atoms with Gasteiger partial charge in [-0.05, 0) is 30.5 Å². The molecule has 2 rings (SSSR count). The van der Waals surface area contributed by atoms with Crippen LogP contribution in [0.1, 0.15) is 35.3 Å². The van der Waals surface area contributed by atoms with Crippen molar-refractivity contribution < 1.29 is 9.59 Å². The summed E-state index contributed by atoms with van der Waals surface area (Å²) in [5.41, 5.74) is 2.09. The molecular formula is C19H23N3O3. The third-order valence-corrected chi connectivity index (χ3v) is 3.83. The summed E-state index contributed by atoms with van der Waals surface area (Å²) in [5, 5.41) is 5.59. The van der Waals surface area contributed by atoms with Crippen molar-refractivity contribution in [3.63, 3.8) is 0 Å². The summed E-state index contributed by atoms with van der Waals surface area (Å²) in [5.74, 6) is -0.604. The Morgan fingerprint density at radius 3 is 2.52 bits per heavy atom. The molecule has 0 saturated heterocycles. The summed E-state index contributed by atoms with van der Waals surface area (Å²) in [4.78, 5) is 38.5. The molecule has 25 heavy (non-hydrogen) atoms. The Morgan fingerprint density at radius 1 is 1.16 bits per heavy atom. The maximum Gasteiger partial charge on any atom is 0.251 e. The molecule has 0 fully saturated rings. The zero-order chi connectivity index (χ0) is 18.4. The fraction of sp³-hybridized carbons (Fsp3) is 0.316. The summed E-state index contributed by atoms with van der Waals surface area (Å²) in [6, 6.07) is 9.63. The Bertz CT molecular complexity index is 791. The number of hydrogen-bond donors (Lipinski definition) is 3. The SMILES string of the molecule is Cc1cccc(C(=O)N[C@H](C(=O)NCc2ccc(=O)[nH]c2)C(C)C)c1. The molecule has 0 spiro atoms. The lowest BCUT2D eigenvalue weighted by atomic mass is 10.0. The molecular weight excluding hydrogens is 318 g/mol. The first-order valence-corrected chi connectivity index (χ1v) is 8.19. The molecule has 0 bridgehead atoms. The first-order valence-electron chi connectivity index (χ1n) is 8.19. The van der Waals surface area contributed by atoms with Crippen molar-refractivity contribution in [2.75, 3.05) is 0 Å². The number of rotatable bonds is 6. The van der Waals surface area contributed by atoms with E-state index in [1.165, 1.54) is 6.07 Å². The second-order valence-electron chi connectivity index (χ2n) is 6.34. The largest absolute Gasteiger partial charge is 0.350 e. The lowest BCUT2D eigenvalue weighted by Crippen LogP contribution is -2.49. The fourth-order valence-electron chi connectivity index (χ4n) is 2.40. The molecule has 1 aromatic heterocycles. The molecule has 3 N–H and O–H groups in total. The number of pyridine rings is 1. The number of carbonyl (C=O) groups is 2. The average Bonchev–Trinajstić information content (AvgIpc) is 2.58. The molecule has 1 atom stereocenters. The quantitative estimate of drug-likeness (QED) is 0.747. The van der Waals surface area contributed by atoms with Crippen LogP contribution in [0.4, 0.5) is 0 Å². The van der Waals surface area contributed by atoms with E-state index in [0.29, 0.717) is 5.56 Å². The van der Waals surface area contributed by atoms with Crippen LogP contribution in [0.5, 0.6) is 0 Å². The number of aryl methyl sites for hydroxylation is 1. The van der Waals surface area contributed by atoms with Gasteiger partial charge in [0.05, 0.1) is 0 Å². The predicted octanol–water partition coefficient (Wildman–Crippen LogP) is 1.75. The molecule has 132 valence electrons. The van der Waals surface area contributed by atoms with Crippen molar-refractivity contribution in [2.45, 2.75) is 33.4 Å². The minimum Gasteiger partial charge on any atom is -0.350 e. The van der Waals surface area contributed by atoms with Gasteiger partial charge in [0.15, 0.2) is 0 Å². The summed E-state index contributed by atoms with van der Waals surface area (Å²) < 4.78 is 0. The van der Waals surface area contributed by atoms with Gasteiger partial charge in [-0.25, -0.2) is 0 Å². The Morgan fingerprint density at radius 2 is 1.92 bits per heavy atom. The third-order valence-electron chi connectivity index (χ3n) is 3.83. The van der Waals surface area contributed by atoms with E-state index in [1.54, 1.807) is 24.4 Å². The number of aromatic amines is 1. The van der Waals surface area contributed by atoms with Crippen molar-refractivity contribution >= 4 is 11.8 Å². The van der Waals surface area contributed by atoms with Gasteiger partial charge >= 0.3 is 0 Å². The normalized spacial score (nSPS) is 11.8. The average molecular weight is 341 g/mol. The van der Waals surface area contributed by atoms with Crippen LogP contribution in [0.15, 0.2) is 47.4 Å². The van der Waals surface area contributed by atoms with E-state index >= 15 is 0 Å². The molecule has 0 aliphatic heterocycles. The monoisotopic (exact) mass is 341 g/mol. The standard InChI is InChI=1S/C19H23N3O3/c1-12(2)17(22-18(24)15-6-4-5-13(3)9-15)19(25)21-11-14-7-8-16(23)20-10-14/h4-10,12,17H,11H2,1-3H3,(H,20,23)(H,21,25)(H,22,24)/t17-/m0/s1. The number of carbonyl (C=O) groups excluding carboxylic acids is 2. The van der Waals surface area contributed by atoms with Crippen LogP contribution in [0, 0.1) is 12.8 Å². The van der Waals surface area contributed by atoms with E-state index in [-0.39, 0.29) is 29.8 Å². The molecule has 0 saturated carbocycles. The van der Waals surface area contributed by atoms with Crippen molar-refractivity contribution in [3.05, 3.63) is 69.6 Å². The summed E-state index contributed by atoms with van der Waals surface area (Å²) >= 11 is 0. The second kappa shape index (κ2) is 8.28. The Kier molecular flexibility index (Phi) is 6.11. The predicted molar refractivity (Wildman–Crippen MR) is 96.2 cm³/mol. The van der Waals surface area contributed by atoms with Gasteiger partial charge in [-0.2, -0.15) is 0 Å². The van der Waals surface area contributed by atoms with Gasteiger partial charge < -0.3 is 15.6 Å². The number of nitrogens with one attached hydrogen (secondary N) is 3. The zero-order valence-electron chi connectivity index (χ0n) is 14.6. The molecule has 0 aliphatic rings. The van der Waals surface area contributed by atoms with Gasteiger partial charge in [0, 0.05) is 24.4 Å². The lowest BCUT2D eigenvalue weighted by molar-refractivity contribution is -0.124. The lowest BCUT2D eigenvalue weighted by Gasteiger charge is -2.22.